The molecule has 0 bridgehead atoms. The minimum atomic E-state index is 0.417. The Morgan fingerprint density at radius 1 is 1.18 bits per heavy atom. The van der Waals surface area contributed by atoms with Gasteiger partial charge in [0.15, 0.2) is 0 Å². The molecule has 0 aliphatic carbocycles. The van der Waals surface area contributed by atoms with Crippen molar-refractivity contribution < 1.29 is 4.74 Å². The summed E-state index contributed by atoms with van der Waals surface area (Å²) in [5.41, 5.74) is 1.32. The number of aromatic nitrogens is 3. The average molecular weight is 299 g/mol. The Balaban J connectivity index is 1.49. The van der Waals surface area contributed by atoms with Crippen molar-refractivity contribution in [2.45, 2.75) is 25.4 Å². The zero-order valence-corrected chi connectivity index (χ0v) is 12.8. The molecule has 0 amide bonds. The van der Waals surface area contributed by atoms with E-state index in [4.69, 9.17) is 4.74 Å². The fraction of sp³-hybridized carbons (Fsp3) is 0.438. The number of hydrogen-bond acceptors (Lipinski definition) is 6. The van der Waals surface area contributed by atoms with E-state index in [2.05, 4.69) is 37.3 Å². The molecular formula is C16H21N5O. The van der Waals surface area contributed by atoms with Gasteiger partial charge in [-0.3, -0.25) is 9.88 Å². The SMILES string of the molecule is COc1ccnc(NC2CCN(Cc3ccncc3)CC2)n1. The lowest BCUT2D eigenvalue weighted by molar-refractivity contribution is 0.211. The van der Waals surface area contributed by atoms with Crippen molar-refractivity contribution in [3.63, 3.8) is 0 Å². The Kier molecular flexibility index (Phi) is 4.80. The summed E-state index contributed by atoms with van der Waals surface area (Å²) in [6.45, 7) is 3.14. The van der Waals surface area contributed by atoms with Gasteiger partial charge in [0.25, 0.3) is 0 Å². The molecule has 1 aliphatic heterocycles. The van der Waals surface area contributed by atoms with E-state index in [0.29, 0.717) is 17.9 Å². The van der Waals surface area contributed by atoms with Crippen LogP contribution in [-0.2, 0) is 6.54 Å². The van der Waals surface area contributed by atoms with Crippen molar-refractivity contribution in [1.82, 2.24) is 19.9 Å². The predicted molar refractivity (Wildman–Crippen MR) is 84.7 cm³/mol. The fourth-order valence-electron chi connectivity index (χ4n) is 2.69. The van der Waals surface area contributed by atoms with Crippen molar-refractivity contribution in [1.29, 1.82) is 0 Å². The maximum absolute atomic E-state index is 5.12. The number of rotatable bonds is 5. The summed E-state index contributed by atoms with van der Waals surface area (Å²) in [4.78, 5) is 15.1. The molecule has 0 radical (unpaired) electrons. The van der Waals surface area contributed by atoms with Crippen LogP contribution in [0.3, 0.4) is 0 Å². The van der Waals surface area contributed by atoms with Gasteiger partial charge in [-0.05, 0) is 30.5 Å². The van der Waals surface area contributed by atoms with Crippen molar-refractivity contribution in [3.8, 4) is 5.88 Å². The van der Waals surface area contributed by atoms with E-state index in [1.807, 2.05) is 12.4 Å². The first-order valence-electron chi connectivity index (χ1n) is 7.58. The summed E-state index contributed by atoms with van der Waals surface area (Å²) < 4.78 is 5.12. The summed E-state index contributed by atoms with van der Waals surface area (Å²) in [5.74, 6) is 1.24. The lowest BCUT2D eigenvalue weighted by Gasteiger charge is -2.32. The molecule has 1 N–H and O–H groups in total. The minimum absolute atomic E-state index is 0.417. The summed E-state index contributed by atoms with van der Waals surface area (Å²) in [7, 11) is 1.61. The molecule has 0 atom stereocenters. The molecule has 116 valence electrons. The molecular weight excluding hydrogens is 278 g/mol. The van der Waals surface area contributed by atoms with Crippen LogP contribution in [-0.4, -0.2) is 46.1 Å². The number of nitrogens with one attached hydrogen (secondary N) is 1. The first-order chi connectivity index (χ1) is 10.8. The highest BCUT2D eigenvalue weighted by Gasteiger charge is 2.19. The van der Waals surface area contributed by atoms with Gasteiger partial charge in [-0.25, -0.2) is 4.98 Å². The van der Waals surface area contributed by atoms with Gasteiger partial charge >= 0.3 is 0 Å². The van der Waals surface area contributed by atoms with Gasteiger partial charge in [-0.15, -0.1) is 0 Å². The highest BCUT2D eigenvalue weighted by molar-refractivity contribution is 5.29. The highest BCUT2D eigenvalue weighted by atomic mass is 16.5. The van der Waals surface area contributed by atoms with E-state index in [0.717, 1.165) is 32.5 Å². The standard InChI is InChI=1S/C16H21N5O/c1-22-15-4-9-18-16(20-15)19-14-5-10-21(11-6-14)12-13-2-7-17-8-3-13/h2-4,7-9,14H,5-6,10-12H2,1H3,(H,18,19,20). The van der Waals surface area contributed by atoms with Gasteiger partial charge in [0.2, 0.25) is 11.8 Å². The minimum Gasteiger partial charge on any atom is -0.481 e. The van der Waals surface area contributed by atoms with Crippen LogP contribution in [0.1, 0.15) is 18.4 Å². The normalized spacial score (nSPS) is 16.4. The molecule has 0 aromatic carbocycles. The van der Waals surface area contributed by atoms with Crippen molar-refractivity contribution in [2.75, 3.05) is 25.5 Å². The molecule has 1 saturated heterocycles. The number of piperidine rings is 1. The third-order valence-corrected chi connectivity index (χ3v) is 3.92. The van der Waals surface area contributed by atoms with E-state index >= 15 is 0 Å². The number of anilines is 1. The zero-order chi connectivity index (χ0) is 15.2. The second kappa shape index (κ2) is 7.17. The van der Waals surface area contributed by atoms with Crippen molar-refractivity contribution in [3.05, 3.63) is 42.4 Å². The molecule has 6 heteroatoms. The van der Waals surface area contributed by atoms with E-state index in [1.165, 1.54) is 5.56 Å². The summed E-state index contributed by atoms with van der Waals surface area (Å²) in [6, 6.07) is 6.33. The first kappa shape index (κ1) is 14.7. The van der Waals surface area contributed by atoms with Crippen LogP contribution in [0.15, 0.2) is 36.8 Å². The third-order valence-electron chi connectivity index (χ3n) is 3.92. The third kappa shape index (κ3) is 3.92. The van der Waals surface area contributed by atoms with Crippen LogP contribution in [0.25, 0.3) is 0 Å². The molecule has 6 nitrogen and oxygen atoms in total. The molecule has 1 aliphatic rings. The molecule has 22 heavy (non-hydrogen) atoms. The summed E-state index contributed by atoms with van der Waals surface area (Å²) in [5, 5.41) is 3.40. The number of ether oxygens (including phenoxy) is 1. The Labute approximate surface area is 130 Å². The fourth-order valence-corrected chi connectivity index (χ4v) is 2.69. The number of methoxy groups -OCH3 is 1. The first-order valence-corrected chi connectivity index (χ1v) is 7.58. The Morgan fingerprint density at radius 3 is 2.68 bits per heavy atom. The molecule has 3 heterocycles. The van der Waals surface area contributed by atoms with Crippen LogP contribution in [0, 0.1) is 0 Å². The lowest BCUT2D eigenvalue weighted by Crippen LogP contribution is -2.38. The van der Waals surface area contributed by atoms with Gasteiger partial charge in [0.1, 0.15) is 0 Å². The van der Waals surface area contributed by atoms with Gasteiger partial charge in [-0.1, -0.05) is 0 Å². The van der Waals surface area contributed by atoms with Gasteiger partial charge in [0.05, 0.1) is 7.11 Å². The van der Waals surface area contributed by atoms with Crippen LogP contribution < -0.4 is 10.1 Å². The van der Waals surface area contributed by atoms with Crippen molar-refractivity contribution >= 4 is 5.95 Å². The molecule has 2 aromatic heterocycles. The molecule has 0 saturated carbocycles. The van der Waals surface area contributed by atoms with E-state index in [1.54, 1.807) is 19.4 Å². The Hall–Kier alpha value is -2.21. The lowest BCUT2D eigenvalue weighted by atomic mass is 10.0. The smallest absolute Gasteiger partial charge is 0.226 e. The second-order valence-corrected chi connectivity index (χ2v) is 5.47. The number of nitrogens with zero attached hydrogens (tertiary/aromatic N) is 4. The Morgan fingerprint density at radius 2 is 1.95 bits per heavy atom. The van der Waals surface area contributed by atoms with Crippen LogP contribution in [0.2, 0.25) is 0 Å². The summed E-state index contributed by atoms with van der Waals surface area (Å²) in [6.07, 6.45) is 7.59. The molecule has 1 fully saturated rings. The largest absolute Gasteiger partial charge is 0.481 e. The van der Waals surface area contributed by atoms with E-state index < -0.39 is 0 Å². The van der Waals surface area contributed by atoms with Gasteiger partial charge in [0, 0.05) is 50.3 Å². The number of likely N-dealkylation sites (tertiary alicyclic amines) is 1. The van der Waals surface area contributed by atoms with Crippen molar-refractivity contribution in [2.24, 2.45) is 0 Å². The molecule has 3 rings (SSSR count). The second-order valence-electron chi connectivity index (χ2n) is 5.47. The Bertz CT molecular complexity index is 584. The predicted octanol–water partition coefficient (Wildman–Crippen LogP) is 1.96. The van der Waals surface area contributed by atoms with Crippen LogP contribution >= 0.6 is 0 Å². The summed E-state index contributed by atoms with van der Waals surface area (Å²) >= 11 is 0. The topological polar surface area (TPSA) is 63.2 Å². The van der Waals surface area contributed by atoms with Gasteiger partial charge in [-0.2, -0.15) is 4.98 Å². The quantitative estimate of drug-likeness (QED) is 0.910. The maximum atomic E-state index is 5.12. The number of hydrogen-bond donors (Lipinski definition) is 1. The van der Waals surface area contributed by atoms with Crippen LogP contribution in [0.4, 0.5) is 5.95 Å². The van der Waals surface area contributed by atoms with E-state index in [9.17, 15) is 0 Å². The highest BCUT2D eigenvalue weighted by Crippen LogP contribution is 2.17. The van der Waals surface area contributed by atoms with E-state index in [-0.39, 0.29) is 0 Å². The average Bonchev–Trinajstić information content (AvgIpc) is 2.58. The maximum Gasteiger partial charge on any atom is 0.226 e. The number of pyridine rings is 1. The molecule has 0 unspecified atom stereocenters. The van der Waals surface area contributed by atoms with Gasteiger partial charge < -0.3 is 10.1 Å². The van der Waals surface area contributed by atoms with Crippen LogP contribution in [0.5, 0.6) is 5.88 Å². The molecule has 0 spiro atoms. The molecule has 2 aromatic rings. The zero-order valence-electron chi connectivity index (χ0n) is 12.8. The monoisotopic (exact) mass is 299 g/mol.